The molecule has 2 aromatic heterocycles. The zero-order valence-electron chi connectivity index (χ0n) is 17.0. The van der Waals surface area contributed by atoms with E-state index in [9.17, 15) is 13.8 Å². The van der Waals surface area contributed by atoms with Gasteiger partial charge in [-0.1, -0.05) is 5.92 Å². The number of anilines is 1. The van der Waals surface area contributed by atoms with Crippen LogP contribution in [0.3, 0.4) is 0 Å². The maximum atomic E-state index is 13.7. The molecule has 0 aromatic carbocycles. The Labute approximate surface area is 180 Å². The van der Waals surface area contributed by atoms with Crippen LogP contribution in [0.5, 0.6) is 0 Å². The van der Waals surface area contributed by atoms with Gasteiger partial charge in [-0.25, -0.2) is 18.9 Å². The first-order valence-corrected chi connectivity index (χ1v) is 10.8. The minimum absolute atomic E-state index is 0.0775. The summed E-state index contributed by atoms with van der Waals surface area (Å²) in [5.74, 6) is 2.32. The SMILES string of the molecule is C#C[C@@]12COP(=O)(OCOC(=O)OC(C)C)O[C@H]1C[C@H](n1cnc3c(N)nc(F)nc31)O2. The number of ether oxygens (including phenoxy) is 3. The summed E-state index contributed by atoms with van der Waals surface area (Å²) in [6.07, 6.45) is 2.87. The second kappa shape index (κ2) is 8.27. The quantitative estimate of drug-likeness (QED) is 0.222. The Balaban J connectivity index is 1.48. The second-order valence-electron chi connectivity index (χ2n) is 7.17. The third-order valence-corrected chi connectivity index (χ3v) is 6.05. The smallest absolute Gasteiger partial charge is 0.432 e. The number of hydrogen-bond acceptors (Lipinski definition) is 12. The van der Waals surface area contributed by atoms with Crippen LogP contribution < -0.4 is 5.73 Å². The fraction of sp³-hybridized carbons (Fsp3) is 0.529. The number of carbonyl (C=O) groups is 1. The van der Waals surface area contributed by atoms with Crippen LogP contribution in [0.2, 0.25) is 0 Å². The number of carbonyl (C=O) groups excluding carboxylic acids is 1. The van der Waals surface area contributed by atoms with Gasteiger partial charge < -0.3 is 19.9 Å². The molecule has 172 valence electrons. The van der Waals surface area contributed by atoms with E-state index in [-0.39, 0.29) is 30.0 Å². The number of nitrogens with two attached hydrogens (primary N) is 1. The first-order valence-electron chi connectivity index (χ1n) is 9.37. The molecule has 4 heterocycles. The number of nitrogens with zero attached hydrogens (tertiary/aromatic N) is 4. The van der Waals surface area contributed by atoms with Crippen LogP contribution in [-0.2, 0) is 32.3 Å². The Morgan fingerprint density at radius 1 is 1.53 bits per heavy atom. The number of aromatic nitrogens is 4. The zero-order valence-corrected chi connectivity index (χ0v) is 17.9. The van der Waals surface area contributed by atoms with Gasteiger partial charge in [0.25, 0.3) is 0 Å². The third-order valence-electron chi connectivity index (χ3n) is 4.67. The molecule has 0 bridgehead atoms. The largest absolute Gasteiger partial charge is 0.510 e. The van der Waals surface area contributed by atoms with E-state index in [1.54, 1.807) is 13.8 Å². The summed E-state index contributed by atoms with van der Waals surface area (Å²) in [7, 11) is -4.14. The molecule has 2 aliphatic rings. The van der Waals surface area contributed by atoms with Gasteiger partial charge in [0.2, 0.25) is 6.79 Å². The predicted molar refractivity (Wildman–Crippen MR) is 103 cm³/mol. The average molecular weight is 471 g/mol. The minimum Gasteiger partial charge on any atom is -0.432 e. The molecule has 13 nitrogen and oxygen atoms in total. The van der Waals surface area contributed by atoms with E-state index in [4.69, 9.17) is 35.2 Å². The molecule has 2 aromatic rings. The number of imidazole rings is 1. The zero-order chi connectivity index (χ0) is 23.1. The fourth-order valence-corrected chi connectivity index (χ4v) is 4.55. The van der Waals surface area contributed by atoms with Gasteiger partial charge in [0, 0.05) is 6.42 Å². The van der Waals surface area contributed by atoms with Gasteiger partial charge in [0.1, 0.15) is 18.9 Å². The van der Waals surface area contributed by atoms with Crippen molar-refractivity contribution in [1.82, 2.24) is 19.5 Å². The Hall–Kier alpha value is -2.82. The standard InChI is InChI=1S/C17H19FN5O8P/c1-4-17-6-27-32(25,28-8-26-16(24)29-9(2)3)31-10(17)5-11(30-17)23-7-20-12-13(19)21-15(18)22-14(12)23/h1,7,9-11H,5-6,8H2,2-3H3,(H2,19,21,22)/t10-,11+,17+,32?/m0/s1. The summed E-state index contributed by atoms with van der Waals surface area (Å²) in [5, 5.41) is 0. The van der Waals surface area contributed by atoms with Crippen LogP contribution >= 0.6 is 7.82 Å². The number of terminal acetylenes is 1. The molecule has 0 radical (unpaired) electrons. The molecule has 4 atom stereocenters. The molecule has 2 N–H and O–H groups in total. The van der Waals surface area contributed by atoms with Crippen LogP contribution in [0, 0.1) is 18.4 Å². The van der Waals surface area contributed by atoms with Crippen molar-refractivity contribution >= 4 is 31.0 Å². The van der Waals surface area contributed by atoms with Gasteiger partial charge in [0.15, 0.2) is 22.6 Å². The number of halogens is 1. The normalized spacial score (nSPS) is 29.6. The highest BCUT2D eigenvalue weighted by Gasteiger charge is 2.57. The number of phosphoric ester groups is 1. The van der Waals surface area contributed by atoms with Crippen molar-refractivity contribution in [2.45, 2.75) is 44.3 Å². The van der Waals surface area contributed by atoms with E-state index in [1.807, 2.05) is 0 Å². The highest BCUT2D eigenvalue weighted by molar-refractivity contribution is 7.48. The summed E-state index contributed by atoms with van der Waals surface area (Å²) >= 11 is 0. The summed E-state index contributed by atoms with van der Waals surface area (Å²) < 4.78 is 59.0. The Kier molecular flexibility index (Phi) is 5.78. The molecule has 32 heavy (non-hydrogen) atoms. The fourth-order valence-electron chi connectivity index (χ4n) is 3.25. The van der Waals surface area contributed by atoms with Gasteiger partial charge in [-0.05, 0) is 13.8 Å². The maximum absolute atomic E-state index is 13.7. The molecule has 2 saturated heterocycles. The molecule has 0 spiro atoms. The lowest BCUT2D eigenvalue weighted by molar-refractivity contribution is -0.118. The molecule has 0 aliphatic carbocycles. The Bertz CT molecular complexity index is 1140. The topological polar surface area (TPSA) is 159 Å². The highest BCUT2D eigenvalue weighted by Crippen LogP contribution is 2.59. The van der Waals surface area contributed by atoms with Crippen molar-refractivity contribution < 1.29 is 41.5 Å². The van der Waals surface area contributed by atoms with E-state index >= 15 is 0 Å². The first-order chi connectivity index (χ1) is 15.1. The van der Waals surface area contributed by atoms with Crippen LogP contribution in [-0.4, -0.2) is 56.9 Å². The van der Waals surface area contributed by atoms with Crippen molar-refractivity contribution in [1.29, 1.82) is 0 Å². The molecule has 0 saturated carbocycles. The molecule has 4 rings (SSSR count). The van der Waals surface area contributed by atoms with E-state index in [2.05, 4.69) is 25.6 Å². The highest BCUT2D eigenvalue weighted by atomic mass is 31.2. The summed E-state index contributed by atoms with van der Waals surface area (Å²) in [6, 6.07) is 0. The summed E-state index contributed by atoms with van der Waals surface area (Å²) in [5.41, 5.74) is 4.54. The molecule has 0 amide bonds. The van der Waals surface area contributed by atoms with E-state index < -0.39 is 50.9 Å². The Morgan fingerprint density at radius 3 is 3.03 bits per heavy atom. The summed E-state index contributed by atoms with van der Waals surface area (Å²) in [6.45, 7) is 2.19. The van der Waals surface area contributed by atoms with Crippen molar-refractivity contribution in [3.05, 3.63) is 12.4 Å². The molecule has 1 unspecified atom stereocenters. The summed E-state index contributed by atoms with van der Waals surface area (Å²) in [4.78, 5) is 22.6. The van der Waals surface area contributed by atoms with Crippen LogP contribution in [0.25, 0.3) is 11.2 Å². The van der Waals surface area contributed by atoms with E-state index in [0.717, 1.165) is 0 Å². The van der Waals surface area contributed by atoms with Crippen LogP contribution in [0.4, 0.5) is 15.0 Å². The number of rotatable bonds is 5. The van der Waals surface area contributed by atoms with Gasteiger partial charge in [-0.3, -0.25) is 13.6 Å². The van der Waals surface area contributed by atoms with Crippen molar-refractivity contribution in [2.24, 2.45) is 0 Å². The van der Waals surface area contributed by atoms with Crippen LogP contribution in [0.15, 0.2) is 6.33 Å². The molecule has 2 fully saturated rings. The lowest BCUT2D eigenvalue weighted by Crippen LogP contribution is -2.46. The van der Waals surface area contributed by atoms with E-state index in [0.29, 0.717) is 0 Å². The van der Waals surface area contributed by atoms with Gasteiger partial charge in [0.05, 0.1) is 12.4 Å². The second-order valence-corrected chi connectivity index (χ2v) is 8.79. The predicted octanol–water partition coefficient (Wildman–Crippen LogP) is 1.90. The van der Waals surface area contributed by atoms with Crippen molar-refractivity contribution in [2.75, 3.05) is 19.1 Å². The first kappa shape index (κ1) is 22.4. The maximum Gasteiger partial charge on any atom is 0.510 e. The van der Waals surface area contributed by atoms with E-state index in [1.165, 1.54) is 10.9 Å². The number of fused-ring (bicyclic) bond motifs is 2. The van der Waals surface area contributed by atoms with Crippen molar-refractivity contribution in [3.8, 4) is 12.3 Å². The number of phosphoric acid groups is 1. The monoisotopic (exact) mass is 471 g/mol. The van der Waals surface area contributed by atoms with Crippen molar-refractivity contribution in [3.63, 3.8) is 0 Å². The lowest BCUT2D eigenvalue weighted by Gasteiger charge is -2.36. The third kappa shape index (κ3) is 4.13. The number of nitrogen functional groups attached to an aromatic ring is 1. The van der Waals surface area contributed by atoms with Crippen LogP contribution in [0.1, 0.15) is 26.5 Å². The molecule has 15 heteroatoms. The van der Waals surface area contributed by atoms with Gasteiger partial charge in [-0.15, -0.1) is 6.42 Å². The molecular weight excluding hydrogens is 452 g/mol. The molecule has 2 aliphatic heterocycles. The van der Waals surface area contributed by atoms with Gasteiger partial charge in [-0.2, -0.15) is 14.4 Å². The number of hydrogen-bond donors (Lipinski definition) is 1. The van der Waals surface area contributed by atoms with Gasteiger partial charge >= 0.3 is 20.1 Å². The minimum atomic E-state index is -4.14. The Morgan fingerprint density at radius 2 is 2.31 bits per heavy atom. The average Bonchev–Trinajstić information content (AvgIpc) is 3.28. The molecular formula is C17H19FN5O8P. The lowest BCUT2D eigenvalue weighted by atomic mass is 9.99.